The summed E-state index contributed by atoms with van der Waals surface area (Å²) in [6.07, 6.45) is 19.0. The van der Waals surface area contributed by atoms with E-state index >= 15 is 0 Å². The molecule has 0 aromatic carbocycles. The van der Waals surface area contributed by atoms with Gasteiger partial charge in [-0.25, -0.2) is 0 Å². The van der Waals surface area contributed by atoms with Gasteiger partial charge in [-0.15, -0.1) is 0 Å². The predicted octanol–water partition coefficient (Wildman–Crippen LogP) is 6.56. The molecule has 1 atom stereocenters. The molecule has 0 aromatic heterocycles. The van der Waals surface area contributed by atoms with Gasteiger partial charge in [-0.3, -0.25) is 4.79 Å². The van der Waals surface area contributed by atoms with Gasteiger partial charge in [0.25, 0.3) is 0 Å². The number of carbonyl (C=O) groups is 1. The number of unbranched alkanes of at least 4 members (excludes halogenated alkanes) is 13. The smallest absolute Gasteiger partial charge is 0.308 e. The number of esters is 1. The zero-order valence-electron chi connectivity index (χ0n) is 17.1. The number of rotatable bonds is 19. The fraction of sp³-hybridized carbons (Fsp3) is 0.955. The number of ether oxygens (including phenoxy) is 1. The maximum Gasteiger partial charge on any atom is 0.308 e. The Kier molecular flexibility index (Phi) is 19.3. The van der Waals surface area contributed by atoms with Crippen molar-refractivity contribution >= 4 is 5.97 Å². The summed E-state index contributed by atoms with van der Waals surface area (Å²) in [5, 5.41) is 9.85. The molecule has 0 saturated carbocycles. The fourth-order valence-corrected chi connectivity index (χ4v) is 3.11. The molecule has 0 aliphatic heterocycles. The van der Waals surface area contributed by atoms with Gasteiger partial charge in [-0.2, -0.15) is 0 Å². The summed E-state index contributed by atoms with van der Waals surface area (Å²) in [7, 11) is 0. The standard InChI is InChI=1S/C22H44O3/c1-3-5-7-9-10-11-12-13-15-17-19-25-22(24)20-21(23)18-16-14-8-6-4-2/h21,23H,3-20H2,1-2H3/t21-/m1/s1. The van der Waals surface area contributed by atoms with Crippen molar-refractivity contribution < 1.29 is 14.6 Å². The Labute approximate surface area is 156 Å². The SMILES string of the molecule is CCCCCCCCCCCCOC(=O)C[C@H](O)CCCCCCC. The summed E-state index contributed by atoms with van der Waals surface area (Å²) in [6.45, 7) is 4.96. The van der Waals surface area contributed by atoms with Crippen LogP contribution in [0, 0.1) is 0 Å². The Bertz CT molecular complexity index is 278. The molecule has 150 valence electrons. The molecule has 0 aromatic rings. The first kappa shape index (κ1) is 24.4. The molecule has 1 N–H and O–H groups in total. The highest BCUT2D eigenvalue weighted by atomic mass is 16.5. The van der Waals surface area contributed by atoms with Gasteiger partial charge in [0, 0.05) is 0 Å². The van der Waals surface area contributed by atoms with E-state index in [1.54, 1.807) is 0 Å². The summed E-state index contributed by atoms with van der Waals surface area (Å²) in [4.78, 5) is 11.7. The van der Waals surface area contributed by atoms with Gasteiger partial charge in [0.15, 0.2) is 0 Å². The third-order valence-electron chi connectivity index (χ3n) is 4.80. The van der Waals surface area contributed by atoms with Crippen molar-refractivity contribution in [2.75, 3.05) is 6.61 Å². The number of aliphatic hydroxyl groups is 1. The van der Waals surface area contributed by atoms with Crippen LogP contribution in [0.1, 0.15) is 123 Å². The topological polar surface area (TPSA) is 46.5 Å². The number of hydrogen-bond donors (Lipinski definition) is 1. The first-order valence-corrected chi connectivity index (χ1v) is 11.0. The van der Waals surface area contributed by atoms with Gasteiger partial charge in [-0.1, -0.05) is 104 Å². The predicted molar refractivity (Wildman–Crippen MR) is 107 cm³/mol. The molecule has 0 unspecified atom stereocenters. The molecule has 0 saturated heterocycles. The fourth-order valence-electron chi connectivity index (χ4n) is 3.11. The van der Waals surface area contributed by atoms with Crippen molar-refractivity contribution in [3.8, 4) is 0 Å². The Balaban J connectivity index is 3.29. The van der Waals surface area contributed by atoms with Crippen molar-refractivity contribution in [3.63, 3.8) is 0 Å². The molecule has 0 bridgehead atoms. The van der Waals surface area contributed by atoms with Crippen LogP contribution in [0.15, 0.2) is 0 Å². The molecular formula is C22H44O3. The number of hydrogen-bond acceptors (Lipinski definition) is 3. The van der Waals surface area contributed by atoms with E-state index < -0.39 is 6.10 Å². The second-order valence-electron chi connectivity index (χ2n) is 7.46. The van der Waals surface area contributed by atoms with Gasteiger partial charge in [0.1, 0.15) is 0 Å². The molecule has 0 spiro atoms. The highest BCUT2D eigenvalue weighted by Crippen LogP contribution is 2.12. The Morgan fingerprint density at radius 3 is 1.68 bits per heavy atom. The lowest BCUT2D eigenvalue weighted by molar-refractivity contribution is -0.146. The Hall–Kier alpha value is -0.570. The summed E-state index contributed by atoms with van der Waals surface area (Å²) >= 11 is 0. The lowest BCUT2D eigenvalue weighted by atomic mass is 10.1. The van der Waals surface area contributed by atoms with E-state index in [0.717, 1.165) is 32.1 Å². The minimum atomic E-state index is -0.526. The first-order chi connectivity index (χ1) is 12.2. The van der Waals surface area contributed by atoms with E-state index in [2.05, 4.69) is 13.8 Å². The van der Waals surface area contributed by atoms with Gasteiger partial charge in [0.2, 0.25) is 0 Å². The number of carbonyl (C=O) groups excluding carboxylic acids is 1. The zero-order chi connectivity index (χ0) is 18.6. The van der Waals surface area contributed by atoms with Crippen molar-refractivity contribution in [1.82, 2.24) is 0 Å². The summed E-state index contributed by atoms with van der Waals surface area (Å²) in [5.74, 6) is -0.239. The van der Waals surface area contributed by atoms with Crippen LogP contribution in [0.3, 0.4) is 0 Å². The van der Waals surface area contributed by atoms with Crippen molar-refractivity contribution in [2.45, 2.75) is 129 Å². The van der Waals surface area contributed by atoms with Crippen molar-refractivity contribution in [3.05, 3.63) is 0 Å². The van der Waals surface area contributed by atoms with E-state index in [-0.39, 0.29) is 12.4 Å². The minimum Gasteiger partial charge on any atom is -0.466 e. The lowest BCUT2D eigenvalue weighted by Gasteiger charge is -2.10. The van der Waals surface area contributed by atoms with Crippen LogP contribution in [-0.4, -0.2) is 23.8 Å². The third kappa shape index (κ3) is 19.6. The normalized spacial score (nSPS) is 12.3. The molecule has 3 heteroatoms. The van der Waals surface area contributed by atoms with E-state index in [9.17, 15) is 9.90 Å². The van der Waals surface area contributed by atoms with Crippen LogP contribution in [0.5, 0.6) is 0 Å². The van der Waals surface area contributed by atoms with E-state index in [1.807, 2.05) is 0 Å². The van der Waals surface area contributed by atoms with Gasteiger partial charge in [0.05, 0.1) is 19.1 Å². The molecular weight excluding hydrogens is 312 g/mol. The molecule has 0 aliphatic rings. The maximum absolute atomic E-state index is 11.7. The molecule has 3 nitrogen and oxygen atoms in total. The monoisotopic (exact) mass is 356 g/mol. The van der Waals surface area contributed by atoms with Gasteiger partial charge < -0.3 is 9.84 Å². The quantitative estimate of drug-likeness (QED) is 0.210. The zero-order valence-corrected chi connectivity index (χ0v) is 17.1. The van der Waals surface area contributed by atoms with Crippen LogP contribution in [-0.2, 0) is 9.53 Å². The second kappa shape index (κ2) is 19.8. The molecule has 25 heavy (non-hydrogen) atoms. The average molecular weight is 357 g/mol. The first-order valence-electron chi connectivity index (χ1n) is 11.0. The Morgan fingerprint density at radius 1 is 0.720 bits per heavy atom. The maximum atomic E-state index is 11.7. The third-order valence-corrected chi connectivity index (χ3v) is 4.80. The van der Waals surface area contributed by atoms with Crippen LogP contribution in [0.25, 0.3) is 0 Å². The van der Waals surface area contributed by atoms with Crippen LogP contribution < -0.4 is 0 Å². The van der Waals surface area contributed by atoms with E-state index in [4.69, 9.17) is 4.74 Å². The summed E-state index contributed by atoms with van der Waals surface area (Å²) in [6, 6.07) is 0. The van der Waals surface area contributed by atoms with Gasteiger partial charge in [-0.05, 0) is 12.8 Å². The highest BCUT2D eigenvalue weighted by molar-refractivity contribution is 5.69. The number of aliphatic hydroxyl groups excluding tert-OH is 1. The van der Waals surface area contributed by atoms with Crippen LogP contribution in [0.2, 0.25) is 0 Å². The average Bonchev–Trinajstić information content (AvgIpc) is 2.59. The molecule has 0 rings (SSSR count). The van der Waals surface area contributed by atoms with Crippen molar-refractivity contribution in [1.29, 1.82) is 0 Å². The molecule has 0 heterocycles. The summed E-state index contributed by atoms with van der Waals surface area (Å²) < 4.78 is 5.23. The van der Waals surface area contributed by atoms with Crippen LogP contribution in [0.4, 0.5) is 0 Å². The largest absolute Gasteiger partial charge is 0.466 e. The van der Waals surface area contributed by atoms with E-state index in [0.29, 0.717) is 6.61 Å². The lowest BCUT2D eigenvalue weighted by Crippen LogP contribution is -2.16. The molecule has 0 amide bonds. The molecule has 0 fully saturated rings. The highest BCUT2D eigenvalue weighted by Gasteiger charge is 2.11. The summed E-state index contributed by atoms with van der Waals surface area (Å²) in [5.41, 5.74) is 0. The molecule has 0 radical (unpaired) electrons. The minimum absolute atomic E-state index is 0.158. The van der Waals surface area contributed by atoms with Crippen molar-refractivity contribution in [2.24, 2.45) is 0 Å². The molecule has 0 aliphatic carbocycles. The van der Waals surface area contributed by atoms with E-state index in [1.165, 1.54) is 70.6 Å². The Morgan fingerprint density at radius 2 is 1.16 bits per heavy atom. The van der Waals surface area contributed by atoms with Crippen LogP contribution >= 0.6 is 0 Å². The second-order valence-corrected chi connectivity index (χ2v) is 7.46. The van der Waals surface area contributed by atoms with Gasteiger partial charge >= 0.3 is 5.97 Å².